The van der Waals surface area contributed by atoms with Gasteiger partial charge in [0, 0.05) is 18.8 Å². The Kier molecular flexibility index (Phi) is 2.13. The molecule has 0 amide bonds. The lowest BCUT2D eigenvalue weighted by atomic mass is 10.1. The zero-order chi connectivity index (χ0) is 10.1. The van der Waals surface area contributed by atoms with Gasteiger partial charge in [0.05, 0.1) is 11.7 Å². The molecule has 74 valence electrons. The molecule has 1 fully saturated rings. The molecule has 2 N–H and O–H groups in total. The minimum absolute atomic E-state index is 0.275. The molecule has 0 unspecified atom stereocenters. The van der Waals surface area contributed by atoms with Crippen molar-refractivity contribution in [2.75, 3.05) is 18.0 Å². The molecule has 4 heteroatoms. The second kappa shape index (κ2) is 3.31. The van der Waals surface area contributed by atoms with E-state index in [1.54, 1.807) is 18.2 Å². The first-order valence-electron chi connectivity index (χ1n) is 4.43. The maximum Gasteiger partial charge on any atom is 0.335 e. The van der Waals surface area contributed by atoms with Crippen molar-refractivity contribution in [2.45, 2.75) is 6.10 Å². The van der Waals surface area contributed by atoms with Crippen LogP contribution in [0.5, 0.6) is 0 Å². The van der Waals surface area contributed by atoms with Gasteiger partial charge in [-0.05, 0) is 18.2 Å². The van der Waals surface area contributed by atoms with Crippen molar-refractivity contribution in [1.82, 2.24) is 0 Å². The highest BCUT2D eigenvalue weighted by Crippen LogP contribution is 2.21. The van der Waals surface area contributed by atoms with Gasteiger partial charge in [0.2, 0.25) is 0 Å². The zero-order valence-corrected chi connectivity index (χ0v) is 7.55. The number of carboxylic acids is 1. The molecule has 1 saturated heterocycles. The Morgan fingerprint density at radius 2 is 2.14 bits per heavy atom. The van der Waals surface area contributed by atoms with Crippen molar-refractivity contribution in [3.8, 4) is 0 Å². The van der Waals surface area contributed by atoms with Gasteiger partial charge in [-0.15, -0.1) is 0 Å². The third-order valence-corrected chi connectivity index (χ3v) is 2.32. The summed E-state index contributed by atoms with van der Waals surface area (Å²) >= 11 is 0. The number of hydrogen-bond donors (Lipinski definition) is 2. The maximum atomic E-state index is 10.7. The number of aromatic carboxylic acids is 1. The maximum absolute atomic E-state index is 10.7. The summed E-state index contributed by atoms with van der Waals surface area (Å²) in [7, 11) is 0. The molecule has 1 aromatic rings. The van der Waals surface area contributed by atoms with Gasteiger partial charge in [-0.2, -0.15) is 0 Å². The third-order valence-electron chi connectivity index (χ3n) is 2.32. The average molecular weight is 193 g/mol. The van der Waals surface area contributed by atoms with Crippen LogP contribution in [0.4, 0.5) is 5.69 Å². The Bertz CT molecular complexity index is 358. The normalized spacial score (nSPS) is 16.5. The van der Waals surface area contributed by atoms with Crippen molar-refractivity contribution in [2.24, 2.45) is 0 Å². The van der Waals surface area contributed by atoms with E-state index in [0.29, 0.717) is 13.1 Å². The summed E-state index contributed by atoms with van der Waals surface area (Å²) in [6, 6.07) is 6.73. The van der Waals surface area contributed by atoms with Crippen LogP contribution in [0.3, 0.4) is 0 Å². The van der Waals surface area contributed by atoms with Crippen molar-refractivity contribution < 1.29 is 15.0 Å². The van der Waals surface area contributed by atoms with Crippen LogP contribution >= 0.6 is 0 Å². The fraction of sp³-hybridized carbons (Fsp3) is 0.300. The van der Waals surface area contributed by atoms with Crippen molar-refractivity contribution in [1.29, 1.82) is 0 Å². The molecule has 0 spiro atoms. The summed E-state index contributed by atoms with van der Waals surface area (Å²) in [6.07, 6.45) is -0.275. The summed E-state index contributed by atoms with van der Waals surface area (Å²) in [5, 5.41) is 17.9. The van der Waals surface area contributed by atoms with Crippen molar-refractivity contribution in [3.05, 3.63) is 29.8 Å². The van der Waals surface area contributed by atoms with E-state index in [9.17, 15) is 4.79 Å². The first-order chi connectivity index (χ1) is 6.66. The average Bonchev–Trinajstić information content (AvgIpc) is 2.13. The van der Waals surface area contributed by atoms with Crippen LogP contribution in [0.15, 0.2) is 24.3 Å². The molecule has 0 radical (unpaired) electrons. The summed E-state index contributed by atoms with van der Waals surface area (Å²) in [5.41, 5.74) is 1.14. The van der Waals surface area contributed by atoms with Crippen molar-refractivity contribution >= 4 is 11.7 Å². The molecule has 0 aliphatic carbocycles. The van der Waals surface area contributed by atoms with E-state index < -0.39 is 5.97 Å². The zero-order valence-electron chi connectivity index (χ0n) is 7.55. The second-order valence-electron chi connectivity index (χ2n) is 3.41. The first kappa shape index (κ1) is 9.02. The lowest BCUT2D eigenvalue weighted by Crippen LogP contribution is -2.50. The van der Waals surface area contributed by atoms with E-state index in [0.717, 1.165) is 5.69 Å². The molecule has 1 aliphatic heterocycles. The van der Waals surface area contributed by atoms with Crippen LogP contribution in [0.2, 0.25) is 0 Å². The standard InChI is InChI=1S/C10H11NO3/c12-9-5-11(6-9)8-3-1-2-7(4-8)10(13)14/h1-4,9,12H,5-6H2,(H,13,14). The van der Waals surface area contributed by atoms with Crippen LogP contribution in [-0.2, 0) is 0 Å². The van der Waals surface area contributed by atoms with E-state index >= 15 is 0 Å². The van der Waals surface area contributed by atoms with Crippen LogP contribution in [-0.4, -0.2) is 35.4 Å². The molecule has 1 aromatic carbocycles. The summed E-state index contributed by atoms with van der Waals surface area (Å²) in [4.78, 5) is 12.6. The van der Waals surface area contributed by atoms with Crippen LogP contribution in [0.25, 0.3) is 0 Å². The van der Waals surface area contributed by atoms with Crippen LogP contribution in [0, 0.1) is 0 Å². The number of carboxylic acid groups (broad SMARTS) is 1. The Hall–Kier alpha value is -1.55. The van der Waals surface area contributed by atoms with Gasteiger partial charge in [-0.25, -0.2) is 4.79 Å². The number of nitrogens with zero attached hydrogens (tertiary/aromatic N) is 1. The van der Waals surface area contributed by atoms with Crippen molar-refractivity contribution in [3.63, 3.8) is 0 Å². The lowest BCUT2D eigenvalue weighted by Gasteiger charge is -2.37. The van der Waals surface area contributed by atoms with Crippen LogP contribution in [0.1, 0.15) is 10.4 Å². The Labute approximate surface area is 81.4 Å². The SMILES string of the molecule is O=C(O)c1cccc(N2CC(O)C2)c1. The summed E-state index contributed by atoms with van der Waals surface area (Å²) < 4.78 is 0. The number of aliphatic hydroxyl groups excluding tert-OH is 1. The smallest absolute Gasteiger partial charge is 0.335 e. The molecule has 0 atom stereocenters. The predicted octanol–water partition coefficient (Wildman–Crippen LogP) is 0.566. The molecule has 14 heavy (non-hydrogen) atoms. The van der Waals surface area contributed by atoms with Crippen LogP contribution < -0.4 is 4.90 Å². The number of anilines is 1. The largest absolute Gasteiger partial charge is 0.478 e. The van der Waals surface area contributed by atoms with Gasteiger partial charge in [0.25, 0.3) is 0 Å². The molecule has 2 rings (SSSR count). The molecule has 4 nitrogen and oxygen atoms in total. The minimum atomic E-state index is -0.923. The Balaban J connectivity index is 2.18. The minimum Gasteiger partial charge on any atom is -0.478 e. The Morgan fingerprint density at radius 1 is 1.43 bits per heavy atom. The topological polar surface area (TPSA) is 60.8 Å². The number of carbonyl (C=O) groups is 1. The molecule has 0 aromatic heterocycles. The number of rotatable bonds is 2. The highest BCUT2D eigenvalue weighted by atomic mass is 16.4. The van der Waals surface area contributed by atoms with Gasteiger partial charge in [0.1, 0.15) is 0 Å². The van der Waals surface area contributed by atoms with E-state index in [-0.39, 0.29) is 11.7 Å². The van der Waals surface area contributed by atoms with Gasteiger partial charge >= 0.3 is 5.97 Å². The molecule has 1 heterocycles. The number of aliphatic hydroxyl groups is 1. The fourth-order valence-electron chi connectivity index (χ4n) is 1.50. The second-order valence-corrected chi connectivity index (χ2v) is 3.41. The van der Waals surface area contributed by atoms with E-state index in [2.05, 4.69) is 0 Å². The summed E-state index contributed by atoms with van der Waals surface area (Å²) in [6.45, 7) is 1.17. The van der Waals surface area contributed by atoms with Gasteiger partial charge in [0.15, 0.2) is 0 Å². The number of benzene rings is 1. The Morgan fingerprint density at radius 3 is 2.71 bits per heavy atom. The molecular weight excluding hydrogens is 182 g/mol. The summed E-state index contributed by atoms with van der Waals surface area (Å²) in [5.74, 6) is -0.923. The molecular formula is C10H11NO3. The molecule has 0 saturated carbocycles. The quantitative estimate of drug-likeness (QED) is 0.720. The fourth-order valence-corrected chi connectivity index (χ4v) is 1.50. The first-order valence-corrected chi connectivity index (χ1v) is 4.43. The predicted molar refractivity (Wildman–Crippen MR) is 51.6 cm³/mol. The third kappa shape index (κ3) is 1.56. The highest BCUT2D eigenvalue weighted by Gasteiger charge is 2.24. The van der Waals surface area contributed by atoms with Gasteiger partial charge in [-0.3, -0.25) is 0 Å². The highest BCUT2D eigenvalue weighted by molar-refractivity contribution is 5.88. The number of hydrogen-bond acceptors (Lipinski definition) is 3. The van der Waals surface area contributed by atoms with E-state index in [1.807, 2.05) is 11.0 Å². The lowest BCUT2D eigenvalue weighted by molar-refractivity contribution is 0.0697. The van der Waals surface area contributed by atoms with Gasteiger partial charge in [-0.1, -0.05) is 6.07 Å². The molecule has 0 bridgehead atoms. The monoisotopic (exact) mass is 193 g/mol. The molecule has 1 aliphatic rings. The van der Waals surface area contributed by atoms with E-state index in [1.165, 1.54) is 0 Å². The number of β-amino-alcohol motifs (C(OH)–C–C–N with tert-alkyl or cyclic N) is 1. The van der Waals surface area contributed by atoms with Gasteiger partial charge < -0.3 is 15.1 Å². The van der Waals surface area contributed by atoms with E-state index in [4.69, 9.17) is 10.2 Å².